The molecule has 0 saturated carbocycles. The molecule has 0 N–H and O–H groups in total. The van der Waals surface area contributed by atoms with Gasteiger partial charge in [-0.15, -0.1) is 0 Å². The Hall–Kier alpha value is -0.830. The number of rotatable bonds is 3. The van der Waals surface area contributed by atoms with Crippen LogP contribution in [0.2, 0.25) is 0 Å². The molecule has 3 heteroatoms. The summed E-state index contributed by atoms with van der Waals surface area (Å²) >= 11 is 0. The van der Waals surface area contributed by atoms with Gasteiger partial charge in [-0.25, -0.2) is 4.79 Å². The summed E-state index contributed by atoms with van der Waals surface area (Å²) in [4.78, 5) is 11.2. The number of ether oxygens (including phenoxy) is 2. The van der Waals surface area contributed by atoms with Gasteiger partial charge in [-0.3, -0.25) is 0 Å². The van der Waals surface area contributed by atoms with Gasteiger partial charge in [0.2, 0.25) is 0 Å². The van der Waals surface area contributed by atoms with Crippen molar-refractivity contribution in [3.8, 4) is 0 Å². The van der Waals surface area contributed by atoms with E-state index in [0.717, 1.165) is 17.8 Å². The number of hydrogen-bond acceptors (Lipinski definition) is 3. The normalized spacial score (nSPS) is 20.1. The van der Waals surface area contributed by atoms with Gasteiger partial charge in [0.25, 0.3) is 0 Å². The summed E-state index contributed by atoms with van der Waals surface area (Å²) in [6.07, 6.45) is 0.934. The first-order chi connectivity index (χ1) is 5.65. The van der Waals surface area contributed by atoms with Crippen molar-refractivity contribution in [1.29, 1.82) is 0 Å². The standard InChI is InChI=1S/C9H14O3/c1-6(2)8(9(10)11-3)4-7-5-12-7/h7H,4-5H2,1-3H3. The van der Waals surface area contributed by atoms with E-state index in [4.69, 9.17) is 4.74 Å². The summed E-state index contributed by atoms with van der Waals surface area (Å²) < 4.78 is 9.69. The molecule has 0 aliphatic carbocycles. The van der Waals surface area contributed by atoms with E-state index in [1.54, 1.807) is 0 Å². The Balaban J connectivity index is 2.60. The number of carbonyl (C=O) groups is 1. The van der Waals surface area contributed by atoms with E-state index in [1.165, 1.54) is 7.11 Å². The highest BCUT2D eigenvalue weighted by Crippen LogP contribution is 2.21. The third-order valence-corrected chi connectivity index (χ3v) is 1.87. The highest BCUT2D eigenvalue weighted by atomic mass is 16.6. The molecule has 1 unspecified atom stereocenters. The van der Waals surface area contributed by atoms with Crippen LogP contribution in [0.3, 0.4) is 0 Å². The minimum atomic E-state index is -0.231. The molecule has 0 amide bonds. The Morgan fingerprint density at radius 1 is 1.58 bits per heavy atom. The Labute approximate surface area is 72.4 Å². The van der Waals surface area contributed by atoms with Crippen LogP contribution < -0.4 is 0 Å². The summed E-state index contributed by atoms with van der Waals surface area (Å²) in [6.45, 7) is 4.59. The molecule has 0 aromatic carbocycles. The average molecular weight is 170 g/mol. The van der Waals surface area contributed by atoms with Crippen molar-refractivity contribution in [2.45, 2.75) is 26.4 Å². The minimum Gasteiger partial charge on any atom is -0.466 e. The number of allylic oxidation sites excluding steroid dienone is 1. The average Bonchev–Trinajstić information content (AvgIpc) is 2.81. The molecule has 68 valence electrons. The molecule has 0 radical (unpaired) electrons. The van der Waals surface area contributed by atoms with Crippen molar-refractivity contribution in [3.63, 3.8) is 0 Å². The zero-order valence-corrected chi connectivity index (χ0v) is 7.72. The molecule has 0 bridgehead atoms. The van der Waals surface area contributed by atoms with Gasteiger partial charge in [0, 0.05) is 12.0 Å². The zero-order chi connectivity index (χ0) is 9.14. The molecule has 12 heavy (non-hydrogen) atoms. The lowest BCUT2D eigenvalue weighted by atomic mass is 10.1. The van der Waals surface area contributed by atoms with E-state index in [-0.39, 0.29) is 12.1 Å². The molecule has 1 aliphatic rings. The van der Waals surface area contributed by atoms with Crippen LogP contribution in [-0.2, 0) is 14.3 Å². The SMILES string of the molecule is COC(=O)C(CC1CO1)=C(C)C. The van der Waals surface area contributed by atoms with Crippen molar-refractivity contribution in [3.05, 3.63) is 11.1 Å². The van der Waals surface area contributed by atoms with Gasteiger partial charge in [0.15, 0.2) is 0 Å². The lowest BCUT2D eigenvalue weighted by molar-refractivity contribution is -0.136. The van der Waals surface area contributed by atoms with E-state index in [2.05, 4.69) is 4.74 Å². The third kappa shape index (κ3) is 2.34. The van der Waals surface area contributed by atoms with Crippen LogP contribution in [0.15, 0.2) is 11.1 Å². The second kappa shape index (κ2) is 3.72. The van der Waals surface area contributed by atoms with Gasteiger partial charge in [0.1, 0.15) is 0 Å². The molecule has 1 rings (SSSR count). The molecule has 0 spiro atoms. The fraction of sp³-hybridized carbons (Fsp3) is 0.667. The highest BCUT2D eigenvalue weighted by Gasteiger charge is 2.27. The van der Waals surface area contributed by atoms with Gasteiger partial charge >= 0.3 is 5.97 Å². The number of carbonyl (C=O) groups excluding carboxylic acids is 1. The fourth-order valence-corrected chi connectivity index (χ4v) is 1.03. The fourth-order valence-electron chi connectivity index (χ4n) is 1.03. The summed E-state index contributed by atoms with van der Waals surface area (Å²) in [7, 11) is 1.40. The van der Waals surface area contributed by atoms with Crippen LogP contribution >= 0.6 is 0 Å². The van der Waals surface area contributed by atoms with Crippen LogP contribution in [0.5, 0.6) is 0 Å². The van der Waals surface area contributed by atoms with Crippen LogP contribution in [0.4, 0.5) is 0 Å². The quantitative estimate of drug-likeness (QED) is 0.364. The van der Waals surface area contributed by atoms with Gasteiger partial charge < -0.3 is 9.47 Å². The maximum atomic E-state index is 11.2. The molecule has 3 nitrogen and oxygen atoms in total. The van der Waals surface area contributed by atoms with Crippen molar-refractivity contribution in [1.82, 2.24) is 0 Å². The largest absolute Gasteiger partial charge is 0.466 e. The topological polar surface area (TPSA) is 38.8 Å². The van der Waals surface area contributed by atoms with E-state index in [9.17, 15) is 4.79 Å². The minimum absolute atomic E-state index is 0.231. The summed E-state index contributed by atoms with van der Waals surface area (Å²) in [5.74, 6) is -0.231. The summed E-state index contributed by atoms with van der Waals surface area (Å²) in [5.41, 5.74) is 1.76. The molecule has 1 atom stereocenters. The maximum absolute atomic E-state index is 11.2. The molecule has 1 heterocycles. The first-order valence-electron chi connectivity index (χ1n) is 4.01. The number of epoxide rings is 1. The van der Waals surface area contributed by atoms with E-state index >= 15 is 0 Å². The first kappa shape index (κ1) is 9.26. The molecule has 1 aliphatic heterocycles. The van der Waals surface area contributed by atoms with Crippen LogP contribution in [0, 0.1) is 0 Å². The van der Waals surface area contributed by atoms with Crippen molar-refractivity contribution in [2.75, 3.05) is 13.7 Å². The molecule has 0 aromatic rings. The lowest BCUT2D eigenvalue weighted by Crippen LogP contribution is -2.08. The number of methoxy groups -OCH3 is 1. The first-order valence-corrected chi connectivity index (χ1v) is 4.01. The van der Waals surface area contributed by atoms with E-state index in [0.29, 0.717) is 6.42 Å². The molecule has 0 aromatic heterocycles. The predicted octanol–water partition coefficient (Wildman–Crippen LogP) is 1.28. The van der Waals surface area contributed by atoms with Crippen LogP contribution in [0.25, 0.3) is 0 Å². The second-order valence-electron chi connectivity index (χ2n) is 3.13. The van der Waals surface area contributed by atoms with Gasteiger partial charge in [0.05, 0.1) is 19.8 Å². The van der Waals surface area contributed by atoms with Crippen molar-refractivity contribution < 1.29 is 14.3 Å². The highest BCUT2D eigenvalue weighted by molar-refractivity contribution is 5.89. The van der Waals surface area contributed by atoms with Gasteiger partial charge in [-0.1, -0.05) is 5.57 Å². The predicted molar refractivity (Wildman–Crippen MR) is 44.7 cm³/mol. The summed E-state index contributed by atoms with van der Waals surface area (Å²) in [6, 6.07) is 0. The molecular weight excluding hydrogens is 156 g/mol. The zero-order valence-electron chi connectivity index (χ0n) is 7.72. The lowest BCUT2D eigenvalue weighted by Gasteiger charge is -2.04. The smallest absolute Gasteiger partial charge is 0.333 e. The Morgan fingerprint density at radius 3 is 2.50 bits per heavy atom. The number of esters is 1. The second-order valence-corrected chi connectivity index (χ2v) is 3.13. The van der Waals surface area contributed by atoms with Crippen molar-refractivity contribution >= 4 is 5.97 Å². The van der Waals surface area contributed by atoms with Gasteiger partial charge in [-0.2, -0.15) is 0 Å². The molecule has 1 fully saturated rings. The van der Waals surface area contributed by atoms with Crippen LogP contribution in [0.1, 0.15) is 20.3 Å². The molecule has 1 saturated heterocycles. The number of hydrogen-bond donors (Lipinski definition) is 0. The van der Waals surface area contributed by atoms with Gasteiger partial charge in [-0.05, 0) is 13.8 Å². The van der Waals surface area contributed by atoms with Crippen LogP contribution in [-0.4, -0.2) is 25.8 Å². The third-order valence-electron chi connectivity index (χ3n) is 1.87. The monoisotopic (exact) mass is 170 g/mol. The Kier molecular flexibility index (Phi) is 2.87. The van der Waals surface area contributed by atoms with Crippen molar-refractivity contribution in [2.24, 2.45) is 0 Å². The van der Waals surface area contributed by atoms with E-state index < -0.39 is 0 Å². The van der Waals surface area contributed by atoms with E-state index in [1.807, 2.05) is 13.8 Å². The maximum Gasteiger partial charge on any atom is 0.333 e. The molecular formula is C9H14O3. The Morgan fingerprint density at radius 2 is 2.17 bits per heavy atom. The summed E-state index contributed by atoms with van der Waals surface area (Å²) in [5, 5.41) is 0. The Bertz CT molecular complexity index is 210.